The van der Waals surface area contributed by atoms with Crippen molar-refractivity contribution in [1.29, 1.82) is 0 Å². The molecule has 0 radical (unpaired) electrons. The molecule has 1 aliphatic heterocycles. The van der Waals surface area contributed by atoms with Crippen molar-refractivity contribution in [3.8, 4) is 0 Å². The van der Waals surface area contributed by atoms with Crippen molar-refractivity contribution >= 4 is 5.97 Å². The Kier molecular flexibility index (Phi) is 4.90. The second-order valence-electron chi connectivity index (χ2n) is 4.57. The standard InChI is InChI=1S/C14H19NO4/c1-18-10-12(11-5-3-2-4-6-11)15-7-8-19-13(9-15)14(16)17/h2-6,12-13H,7-10H2,1H3,(H,16,17). The number of nitrogens with zero attached hydrogens (tertiary/aromatic N) is 1. The summed E-state index contributed by atoms with van der Waals surface area (Å²) in [6.45, 7) is 2.07. The van der Waals surface area contributed by atoms with Gasteiger partial charge in [-0.2, -0.15) is 0 Å². The van der Waals surface area contributed by atoms with E-state index in [1.165, 1.54) is 0 Å². The Bertz CT molecular complexity index is 409. The Morgan fingerprint density at radius 2 is 2.26 bits per heavy atom. The van der Waals surface area contributed by atoms with Crippen LogP contribution in [0.1, 0.15) is 11.6 Å². The zero-order chi connectivity index (χ0) is 13.7. The van der Waals surface area contributed by atoms with Crippen molar-refractivity contribution < 1.29 is 19.4 Å². The van der Waals surface area contributed by atoms with Crippen LogP contribution in [0.25, 0.3) is 0 Å². The van der Waals surface area contributed by atoms with E-state index < -0.39 is 12.1 Å². The summed E-state index contributed by atoms with van der Waals surface area (Å²) in [6, 6.07) is 10.1. The molecule has 1 saturated heterocycles. The second-order valence-corrected chi connectivity index (χ2v) is 4.57. The van der Waals surface area contributed by atoms with Crippen LogP contribution in [0.5, 0.6) is 0 Å². The largest absolute Gasteiger partial charge is 0.479 e. The molecule has 0 saturated carbocycles. The Hall–Kier alpha value is -1.43. The minimum atomic E-state index is -0.908. The summed E-state index contributed by atoms with van der Waals surface area (Å²) >= 11 is 0. The molecule has 1 aromatic carbocycles. The first kappa shape index (κ1) is 14.0. The molecule has 1 aromatic rings. The van der Waals surface area contributed by atoms with E-state index in [1.807, 2.05) is 30.3 Å². The highest BCUT2D eigenvalue weighted by Crippen LogP contribution is 2.23. The summed E-state index contributed by atoms with van der Waals surface area (Å²) in [6.07, 6.45) is -0.753. The summed E-state index contributed by atoms with van der Waals surface area (Å²) in [5.74, 6) is -0.908. The van der Waals surface area contributed by atoms with E-state index in [0.717, 1.165) is 5.56 Å². The minimum Gasteiger partial charge on any atom is -0.479 e. The van der Waals surface area contributed by atoms with Gasteiger partial charge in [-0.15, -0.1) is 0 Å². The van der Waals surface area contributed by atoms with Crippen molar-refractivity contribution in [2.24, 2.45) is 0 Å². The van der Waals surface area contributed by atoms with Gasteiger partial charge in [0.05, 0.1) is 19.3 Å². The van der Waals surface area contributed by atoms with Crippen LogP contribution in [0, 0.1) is 0 Å². The van der Waals surface area contributed by atoms with Gasteiger partial charge in [0.25, 0.3) is 0 Å². The van der Waals surface area contributed by atoms with Gasteiger partial charge in [-0.1, -0.05) is 30.3 Å². The average molecular weight is 265 g/mol. The molecule has 0 aliphatic carbocycles. The number of carbonyl (C=O) groups is 1. The molecule has 19 heavy (non-hydrogen) atoms. The van der Waals surface area contributed by atoms with E-state index in [0.29, 0.717) is 26.3 Å². The Labute approximate surface area is 112 Å². The van der Waals surface area contributed by atoms with E-state index in [2.05, 4.69) is 4.90 Å². The molecule has 2 unspecified atom stereocenters. The number of rotatable bonds is 5. The van der Waals surface area contributed by atoms with E-state index >= 15 is 0 Å². The van der Waals surface area contributed by atoms with Gasteiger partial charge in [0.1, 0.15) is 0 Å². The Morgan fingerprint density at radius 3 is 2.89 bits per heavy atom. The van der Waals surface area contributed by atoms with E-state index in [4.69, 9.17) is 14.6 Å². The number of benzene rings is 1. The van der Waals surface area contributed by atoms with Crippen LogP contribution in [-0.4, -0.2) is 55.5 Å². The van der Waals surface area contributed by atoms with Gasteiger partial charge in [-0.3, -0.25) is 4.90 Å². The maximum atomic E-state index is 11.0. The summed E-state index contributed by atoms with van der Waals surface area (Å²) < 4.78 is 10.5. The zero-order valence-electron chi connectivity index (χ0n) is 11.0. The summed E-state index contributed by atoms with van der Waals surface area (Å²) in [4.78, 5) is 13.1. The predicted octanol–water partition coefficient (Wildman–Crippen LogP) is 1.16. The maximum absolute atomic E-state index is 11.0. The van der Waals surface area contributed by atoms with Gasteiger partial charge in [0.15, 0.2) is 6.10 Å². The highest BCUT2D eigenvalue weighted by Gasteiger charge is 2.30. The molecule has 0 bridgehead atoms. The van der Waals surface area contributed by atoms with Crippen molar-refractivity contribution in [3.05, 3.63) is 35.9 Å². The quantitative estimate of drug-likeness (QED) is 0.865. The fraction of sp³-hybridized carbons (Fsp3) is 0.500. The van der Waals surface area contributed by atoms with Gasteiger partial charge < -0.3 is 14.6 Å². The molecule has 2 rings (SSSR count). The number of hydrogen-bond acceptors (Lipinski definition) is 4. The monoisotopic (exact) mass is 265 g/mol. The van der Waals surface area contributed by atoms with Crippen LogP contribution in [0.2, 0.25) is 0 Å². The van der Waals surface area contributed by atoms with E-state index in [9.17, 15) is 4.79 Å². The van der Waals surface area contributed by atoms with Crippen LogP contribution in [-0.2, 0) is 14.3 Å². The van der Waals surface area contributed by atoms with Crippen LogP contribution < -0.4 is 0 Å². The lowest BCUT2D eigenvalue weighted by Gasteiger charge is -2.36. The first-order valence-corrected chi connectivity index (χ1v) is 6.34. The number of aliphatic carboxylic acids is 1. The third kappa shape index (κ3) is 3.53. The van der Waals surface area contributed by atoms with Gasteiger partial charge >= 0.3 is 5.97 Å². The minimum absolute atomic E-state index is 0.0666. The molecule has 5 nitrogen and oxygen atoms in total. The lowest BCUT2D eigenvalue weighted by molar-refractivity contribution is -0.157. The maximum Gasteiger partial charge on any atom is 0.334 e. The fourth-order valence-electron chi connectivity index (χ4n) is 2.35. The first-order chi connectivity index (χ1) is 9.22. The zero-order valence-corrected chi connectivity index (χ0v) is 11.0. The third-order valence-electron chi connectivity index (χ3n) is 3.32. The van der Waals surface area contributed by atoms with Crippen molar-refractivity contribution in [3.63, 3.8) is 0 Å². The van der Waals surface area contributed by atoms with Gasteiger partial charge in [0, 0.05) is 20.2 Å². The van der Waals surface area contributed by atoms with Crippen molar-refractivity contribution in [2.45, 2.75) is 12.1 Å². The van der Waals surface area contributed by atoms with Gasteiger partial charge in [0.2, 0.25) is 0 Å². The molecular weight excluding hydrogens is 246 g/mol. The Balaban J connectivity index is 2.12. The highest BCUT2D eigenvalue weighted by atomic mass is 16.5. The molecule has 1 heterocycles. The lowest BCUT2D eigenvalue weighted by atomic mass is 10.0. The average Bonchev–Trinajstić information content (AvgIpc) is 2.46. The van der Waals surface area contributed by atoms with Crippen LogP contribution in [0.4, 0.5) is 0 Å². The summed E-state index contributed by atoms with van der Waals surface area (Å²) in [5, 5.41) is 9.06. The number of ether oxygens (including phenoxy) is 2. The van der Waals surface area contributed by atoms with Crippen molar-refractivity contribution in [2.75, 3.05) is 33.4 Å². The Morgan fingerprint density at radius 1 is 1.53 bits per heavy atom. The molecule has 1 fully saturated rings. The first-order valence-electron chi connectivity index (χ1n) is 6.34. The SMILES string of the molecule is COCC(c1ccccc1)N1CCOC(C(=O)O)C1. The molecule has 0 spiro atoms. The molecule has 104 valence electrons. The van der Waals surface area contributed by atoms with Crippen molar-refractivity contribution in [1.82, 2.24) is 4.90 Å². The fourth-order valence-corrected chi connectivity index (χ4v) is 2.35. The molecule has 0 aromatic heterocycles. The predicted molar refractivity (Wildman–Crippen MR) is 70.0 cm³/mol. The number of carboxylic acid groups (broad SMARTS) is 1. The number of carboxylic acids is 1. The molecule has 1 N–H and O–H groups in total. The van der Waals surface area contributed by atoms with Crippen LogP contribution >= 0.6 is 0 Å². The van der Waals surface area contributed by atoms with E-state index in [-0.39, 0.29) is 6.04 Å². The van der Waals surface area contributed by atoms with Gasteiger partial charge in [-0.25, -0.2) is 4.79 Å². The summed E-state index contributed by atoms with van der Waals surface area (Å²) in [7, 11) is 1.66. The molecule has 1 aliphatic rings. The molecule has 2 atom stereocenters. The lowest BCUT2D eigenvalue weighted by Crippen LogP contribution is -2.48. The number of morpholine rings is 1. The highest BCUT2D eigenvalue weighted by molar-refractivity contribution is 5.72. The normalized spacial score (nSPS) is 22.1. The van der Waals surface area contributed by atoms with E-state index in [1.54, 1.807) is 7.11 Å². The molecular formula is C14H19NO4. The smallest absolute Gasteiger partial charge is 0.334 e. The molecule has 0 amide bonds. The molecule has 5 heteroatoms. The number of methoxy groups -OCH3 is 1. The van der Waals surface area contributed by atoms with Crippen LogP contribution in [0.15, 0.2) is 30.3 Å². The summed E-state index contributed by atoms with van der Waals surface area (Å²) in [5.41, 5.74) is 1.13. The second kappa shape index (κ2) is 6.65. The third-order valence-corrected chi connectivity index (χ3v) is 3.32. The number of hydrogen-bond donors (Lipinski definition) is 1. The van der Waals surface area contributed by atoms with Crippen LogP contribution in [0.3, 0.4) is 0 Å². The topological polar surface area (TPSA) is 59.0 Å². The van der Waals surface area contributed by atoms with Gasteiger partial charge in [-0.05, 0) is 5.56 Å².